The maximum absolute atomic E-state index is 12.7. The molecular weight excluding hydrogens is 285 g/mol. The van der Waals surface area contributed by atoms with E-state index < -0.39 is 17.7 Å². The molecule has 0 aliphatic heterocycles. The molecule has 2 rings (SSSR count). The predicted octanol–water partition coefficient (Wildman–Crippen LogP) is 3.27. The van der Waals surface area contributed by atoms with Crippen LogP contribution in [0.2, 0.25) is 0 Å². The van der Waals surface area contributed by atoms with Gasteiger partial charge < -0.3 is 9.67 Å². The highest BCUT2D eigenvalue weighted by molar-refractivity contribution is 5.87. The average Bonchev–Trinajstić information content (AvgIpc) is 2.63. The van der Waals surface area contributed by atoms with Crippen LogP contribution in [0.15, 0.2) is 24.3 Å². The van der Waals surface area contributed by atoms with Crippen LogP contribution in [0.1, 0.15) is 33.1 Å². The molecule has 0 bridgehead atoms. The van der Waals surface area contributed by atoms with Crippen molar-refractivity contribution in [3.05, 3.63) is 52.6 Å². The lowest BCUT2D eigenvalue weighted by atomic mass is 10.1. The molecule has 0 saturated carbocycles. The van der Waals surface area contributed by atoms with E-state index in [1.54, 1.807) is 13.8 Å². The number of imidazole rings is 1. The molecule has 112 valence electrons. The van der Waals surface area contributed by atoms with Crippen molar-refractivity contribution in [1.82, 2.24) is 9.55 Å². The summed E-state index contributed by atoms with van der Waals surface area (Å²) in [6, 6.07) is 4.82. The van der Waals surface area contributed by atoms with E-state index >= 15 is 0 Å². The van der Waals surface area contributed by atoms with Crippen LogP contribution in [-0.4, -0.2) is 20.6 Å². The smallest absolute Gasteiger partial charge is 0.416 e. The third kappa shape index (κ3) is 3.07. The fraction of sp³-hybridized carbons (Fsp3) is 0.286. The molecule has 0 unspecified atom stereocenters. The summed E-state index contributed by atoms with van der Waals surface area (Å²) in [4.78, 5) is 15.3. The quantitative estimate of drug-likeness (QED) is 0.946. The second kappa shape index (κ2) is 5.23. The highest BCUT2D eigenvalue weighted by Gasteiger charge is 2.30. The monoisotopic (exact) mass is 298 g/mol. The van der Waals surface area contributed by atoms with Gasteiger partial charge in [0.1, 0.15) is 5.82 Å². The Morgan fingerprint density at radius 2 is 2.00 bits per heavy atom. The average molecular weight is 298 g/mol. The molecule has 1 N–H and O–H groups in total. The molecule has 1 heterocycles. The van der Waals surface area contributed by atoms with Gasteiger partial charge in [-0.3, -0.25) is 0 Å². The van der Waals surface area contributed by atoms with E-state index in [1.165, 1.54) is 16.7 Å². The van der Waals surface area contributed by atoms with Gasteiger partial charge in [-0.15, -0.1) is 0 Å². The summed E-state index contributed by atoms with van der Waals surface area (Å²) in [5, 5.41) is 9.18. The van der Waals surface area contributed by atoms with Crippen molar-refractivity contribution in [3.8, 4) is 0 Å². The van der Waals surface area contributed by atoms with Crippen molar-refractivity contribution in [2.75, 3.05) is 0 Å². The number of benzene rings is 1. The zero-order valence-corrected chi connectivity index (χ0v) is 11.4. The van der Waals surface area contributed by atoms with Gasteiger partial charge in [-0.05, 0) is 31.5 Å². The summed E-state index contributed by atoms with van der Waals surface area (Å²) in [7, 11) is 0. The fourth-order valence-electron chi connectivity index (χ4n) is 2.21. The van der Waals surface area contributed by atoms with Crippen molar-refractivity contribution < 1.29 is 23.1 Å². The van der Waals surface area contributed by atoms with E-state index in [1.807, 2.05) is 0 Å². The summed E-state index contributed by atoms with van der Waals surface area (Å²) >= 11 is 0. The topological polar surface area (TPSA) is 55.1 Å². The molecule has 0 radical (unpaired) electrons. The third-order valence-corrected chi connectivity index (χ3v) is 3.13. The molecule has 0 fully saturated rings. The van der Waals surface area contributed by atoms with Crippen molar-refractivity contribution in [2.24, 2.45) is 0 Å². The Labute approximate surface area is 118 Å². The molecule has 4 nitrogen and oxygen atoms in total. The molecule has 0 atom stereocenters. The Hall–Kier alpha value is -2.31. The lowest BCUT2D eigenvalue weighted by Crippen LogP contribution is -2.13. The first-order chi connectivity index (χ1) is 9.70. The van der Waals surface area contributed by atoms with Crippen LogP contribution in [0.4, 0.5) is 13.2 Å². The van der Waals surface area contributed by atoms with Crippen LogP contribution in [0.3, 0.4) is 0 Å². The Morgan fingerprint density at radius 1 is 1.33 bits per heavy atom. The molecule has 0 spiro atoms. The van der Waals surface area contributed by atoms with Crippen LogP contribution in [-0.2, 0) is 12.7 Å². The summed E-state index contributed by atoms with van der Waals surface area (Å²) in [5.41, 5.74) is -0.0592. The minimum absolute atomic E-state index is 0.00934. The third-order valence-electron chi connectivity index (χ3n) is 3.13. The van der Waals surface area contributed by atoms with E-state index in [4.69, 9.17) is 0 Å². The van der Waals surface area contributed by atoms with E-state index in [2.05, 4.69) is 4.98 Å². The second-order valence-corrected chi connectivity index (χ2v) is 4.68. The van der Waals surface area contributed by atoms with Gasteiger partial charge in [-0.2, -0.15) is 13.2 Å². The largest absolute Gasteiger partial charge is 0.477 e. The first-order valence-electron chi connectivity index (χ1n) is 6.13. The maximum atomic E-state index is 12.7. The van der Waals surface area contributed by atoms with E-state index in [0.717, 1.165) is 12.1 Å². The number of hydrogen-bond acceptors (Lipinski definition) is 2. The summed E-state index contributed by atoms with van der Waals surface area (Å²) in [6.07, 6.45) is -4.43. The first-order valence-corrected chi connectivity index (χ1v) is 6.13. The summed E-state index contributed by atoms with van der Waals surface area (Å²) in [5.74, 6) is -0.706. The number of nitrogens with zero attached hydrogens (tertiary/aromatic N) is 2. The Bertz CT molecular complexity index is 690. The summed E-state index contributed by atoms with van der Waals surface area (Å²) < 4.78 is 39.4. The van der Waals surface area contributed by atoms with Gasteiger partial charge in [0, 0.05) is 6.54 Å². The van der Waals surface area contributed by atoms with Crippen molar-refractivity contribution >= 4 is 5.97 Å². The number of carboxylic acid groups (broad SMARTS) is 1. The predicted molar refractivity (Wildman–Crippen MR) is 69.2 cm³/mol. The zero-order valence-electron chi connectivity index (χ0n) is 11.4. The van der Waals surface area contributed by atoms with Gasteiger partial charge in [-0.25, -0.2) is 9.78 Å². The number of carboxylic acids is 1. The summed E-state index contributed by atoms with van der Waals surface area (Å²) in [6.45, 7) is 3.20. The number of hydrogen-bond donors (Lipinski definition) is 1. The van der Waals surface area contributed by atoms with Gasteiger partial charge in [0.15, 0.2) is 5.69 Å². The van der Waals surface area contributed by atoms with E-state index in [0.29, 0.717) is 17.1 Å². The molecule has 0 aliphatic carbocycles. The van der Waals surface area contributed by atoms with Crippen LogP contribution in [0.5, 0.6) is 0 Å². The van der Waals surface area contributed by atoms with Crippen molar-refractivity contribution in [1.29, 1.82) is 0 Å². The fourth-order valence-corrected chi connectivity index (χ4v) is 2.21. The first kappa shape index (κ1) is 15.1. The number of carbonyl (C=O) groups is 1. The molecule has 2 aromatic rings. The normalized spacial score (nSPS) is 11.7. The highest BCUT2D eigenvalue weighted by Crippen LogP contribution is 2.29. The Morgan fingerprint density at radius 3 is 2.57 bits per heavy atom. The van der Waals surface area contributed by atoms with Crippen molar-refractivity contribution in [3.63, 3.8) is 0 Å². The van der Waals surface area contributed by atoms with Gasteiger partial charge >= 0.3 is 12.1 Å². The molecule has 21 heavy (non-hydrogen) atoms. The molecule has 1 aromatic heterocycles. The van der Waals surface area contributed by atoms with Gasteiger partial charge in [-0.1, -0.05) is 12.1 Å². The minimum Gasteiger partial charge on any atom is -0.477 e. The van der Waals surface area contributed by atoms with Crippen LogP contribution < -0.4 is 0 Å². The molecule has 0 saturated heterocycles. The van der Waals surface area contributed by atoms with E-state index in [-0.39, 0.29) is 12.2 Å². The Kier molecular flexibility index (Phi) is 3.76. The SMILES string of the molecule is Cc1nc(C)n(Cc2cccc(C(F)(F)F)c2)c1C(=O)O. The maximum Gasteiger partial charge on any atom is 0.416 e. The highest BCUT2D eigenvalue weighted by atomic mass is 19.4. The lowest BCUT2D eigenvalue weighted by Gasteiger charge is -2.11. The van der Waals surface area contributed by atoms with Gasteiger partial charge in [0.2, 0.25) is 0 Å². The van der Waals surface area contributed by atoms with Crippen LogP contribution in [0.25, 0.3) is 0 Å². The Balaban J connectivity index is 2.42. The number of alkyl halides is 3. The molecular formula is C14H13F3N2O2. The van der Waals surface area contributed by atoms with Crippen molar-refractivity contribution in [2.45, 2.75) is 26.6 Å². The lowest BCUT2D eigenvalue weighted by molar-refractivity contribution is -0.137. The van der Waals surface area contributed by atoms with E-state index in [9.17, 15) is 23.1 Å². The van der Waals surface area contributed by atoms with Crippen LogP contribution >= 0.6 is 0 Å². The molecule has 0 aliphatic rings. The number of aromatic carboxylic acids is 1. The van der Waals surface area contributed by atoms with Crippen LogP contribution in [0, 0.1) is 13.8 Å². The second-order valence-electron chi connectivity index (χ2n) is 4.68. The number of aromatic nitrogens is 2. The number of rotatable bonds is 3. The molecule has 1 aromatic carbocycles. The standard InChI is InChI=1S/C14H13F3N2O2/c1-8-12(13(20)21)19(9(2)18-8)7-10-4-3-5-11(6-10)14(15,16)17/h3-6H,7H2,1-2H3,(H,20,21). The number of halogens is 3. The van der Waals surface area contributed by atoms with Gasteiger partial charge in [0.05, 0.1) is 11.3 Å². The molecule has 0 amide bonds. The zero-order chi connectivity index (χ0) is 15.8. The van der Waals surface area contributed by atoms with Gasteiger partial charge in [0.25, 0.3) is 0 Å². The number of aryl methyl sites for hydroxylation is 2. The minimum atomic E-state index is -4.43. The molecule has 7 heteroatoms.